The molecule has 0 aliphatic carbocycles. The predicted molar refractivity (Wildman–Crippen MR) is 111 cm³/mol. The number of fused-ring (bicyclic) bond motifs is 1. The van der Waals surface area contributed by atoms with Crippen LogP contribution < -0.4 is 16.4 Å². The molecule has 1 heterocycles. The summed E-state index contributed by atoms with van der Waals surface area (Å²) in [4.78, 5) is 37.3. The van der Waals surface area contributed by atoms with Crippen LogP contribution in [0.4, 0.5) is 0 Å². The van der Waals surface area contributed by atoms with Crippen molar-refractivity contribution in [2.75, 3.05) is 0 Å². The zero-order valence-electron chi connectivity index (χ0n) is 16.6. The summed E-state index contributed by atoms with van der Waals surface area (Å²) in [5.74, 6) is -0.860. The van der Waals surface area contributed by atoms with Crippen molar-refractivity contribution in [3.63, 3.8) is 0 Å². The molecule has 0 bridgehead atoms. The van der Waals surface area contributed by atoms with Crippen molar-refractivity contribution in [2.45, 2.75) is 39.7 Å². The van der Waals surface area contributed by atoms with Gasteiger partial charge < -0.3 is 0 Å². The van der Waals surface area contributed by atoms with Gasteiger partial charge in [-0.2, -0.15) is 5.10 Å². The molecular weight excluding hydrogens is 368 g/mol. The van der Waals surface area contributed by atoms with E-state index in [4.69, 9.17) is 0 Å². The molecule has 3 rings (SSSR count). The Morgan fingerprint density at radius 1 is 1.03 bits per heavy atom. The third kappa shape index (κ3) is 4.87. The lowest BCUT2D eigenvalue weighted by Crippen LogP contribution is -2.42. The molecule has 1 aromatic heterocycles. The average molecular weight is 392 g/mol. The largest absolute Gasteiger partial charge is 0.290 e. The minimum atomic E-state index is -0.560. The SMILES string of the molecule is CCCn1nc(C(=O)NNC(=O)CCc2cccc(C)c2)c2ccccc2c1=O. The van der Waals surface area contributed by atoms with Gasteiger partial charge in [0.25, 0.3) is 11.5 Å². The van der Waals surface area contributed by atoms with Gasteiger partial charge in [0.05, 0.1) is 5.39 Å². The van der Waals surface area contributed by atoms with Crippen molar-refractivity contribution in [3.05, 3.63) is 75.7 Å². The second-order valence-corrected chi connectivity index (χ2v) is 6.91. The lowest BCUT2D eigenvalue weighted by atomic mass is 10.1. The van der Waals surface area contributed by atoms with Gasteiger partial charge in [0.1, 0.15) is 0 Å². The maximum Gasteiger partial charge on any atom is 0.290 e. The number of hydrogen-bond acceptors (Lipinski definition) is 4. The van der Waals surface area contributed by atoms with E-state index in [-0.39, 0.29) is 23.6 Å². The van der Waals surface area contributed by atoms with Gasteiger partial charge in [0, 0.05) is 18.4 Å². The van der Waals surface area contributed by atoms with Crippen molar-refractivity contribution in [1.82, 2.24) is 20.6 Å². The maximum atomic E-state index is 12.6. The highest BCUT2D eigenvalue weighted by atomic mass is 16.2. The first kappa shape index (κ1) is 20.3. The Morgan fingerprint density at radius 2 is 1.79 bits per heavy atom. The highest BCUT2D eigenvalue weighted by molar-refractivity contribution is 6.05. The Hall–Kier alpha value is -3.48. The number of carbonyl (C=O) groups excluding carboxylic acids is 2. The average Bonchev–Trinajstić information content (AvgIpc) is 2.73. The molecule has 0 atom stereocenters. The minimum Gasteiger partial charge on any atom is -0.273 e. The standard InChI is InChI=1S/C22H24N4O3/c1-3-13-26-22(29)18-10-5-4-9-17(18)20(25-26)21(28)24-23-19(27)12-11-16-8-6-7-15(2)14-16/h4-10,14H,3,11-13H2,1-2H3,(H,23,27)(H,24,28). The summed E-state index contributed by atoms with van der Waals surface area (Å²) in [6.45, 7) is 4.34. The Bertz CT molecular complexity index is 1100. The molecule has 0 fully saturated rings. The van der Waals surface area contributed by atoms with Crippen molar-refractivity contribution < 1.29 is 9.59 Å². The second-order valence-electron chi connectivity index (χ2n) is 6.91. The Kier molecular flexibility index (Phi) is 6.39. The van der Waals surface area contributed by atoms with Crippen LogP contribution in [0.3, 0.4) is 0 Å². The Morgan fingerprint density at radius 3 is 2.52 bits per heavy atom. The number of nitrogens with one attached hydrogen (secondary N) is 2. The number of nitrogens with zero attached hydrogens (tertiary/aromatic N) is 2. The van der Waals surface area contributed by atoms with E-state index in [2.05, 4.69) is 16.0 Å². The summed E-state index contributed by atoms with van der Waals surface area (Å²) in [7, 11) is 0. The van der Waals surface area contributed by atoms with Crippen molar-refractivity contribution in [3.8, 4) is 0 Å². The topological polar surface area (TPSA) is 93.1 Å². The second kappa shape index (κ2) is 9.14. The van der Waals surface area contributed by atoms with Crippen LogP contribution in [0.5, 0.6) is 0 Å². The summed E-state index contributed by atoms with van der Waals surface area (Å²) in [5, 5.41) is 5.09. The molecule has 0 aliphatic heterocycles. The quantitative estimate of drug-likeness (QED) is 0.631. The van der Waals surface area contributed by atoms with Crippen LogP contribution in [0.25, 0.3) is 10.8 Å². The number of rotatable bonds is 6. The Labute approximate surface area is 168 Å². The van der Waals surface area contributed by atoms with Crippen LogP contribution in [-0.4, -0.2) is 21.6 Å². The van der Waals surface area contributed by atoms with Crippen LogP contribution in [0, 0.1) is 6.92 Å². The first-order valence-electron chi connectivity index (χ1n) is 9.64. The monoisotopic (exact) mass is 392 g/mol. The molecule has 2 aromatic carbocycles. The maximum absolute atomic E-state index is 12.6. The molecule has 0 saturated carbocycles. The molecule has 150 valence electrons. The van der Waals surface area contributed by atoms with Gasteiger partial charge in [-0.1, -0.05) is 55.0 Å². The van der Waals surface area contributed by atoms with E-state index in [9.17, 15) is 14.4 Å². The fourth-order valence-corrected chi connectivity index (χ4v) is 3.14. The lowest BCUT2D eigenvalue weighted by Gasteiger charge is -2.11. The molecular formula is C22H24N4O3. The van der Waals surface area contributed by atoms with Gasteiger partial charge in [-0.3, -0.25) is 25.2 Å². The molecule has 2 amide bonds. The molecule has 29 heavy (non-hydrogen) atoms. The minimum absolute atomic E-state index is 0.104. The van der Waals surface area contributed by atoms with Crippen LogP contribution >= 0.6 is 0 Å². The molecule has 2 N–H and O–H groups in total. The molecule has 3 aromatic rings. The zero-order chi connectivity index (χ0) is 20.8. The summed E-state index contributed by atoms with van der Waals surface area (Å²) in [6, 6.07) is 14.8. The van der Waals surface area contributed by atoms with Crippen molar-refractivity contribution >= 4 is 22.6 Å². The van der Waals surface area contributed by atoms with Gasteiger partial charge >= 0.3 is 0 Å². The number of benzene rings is 2. The van der Waals surface area contributed by atoms with Crippen LogP contribution in [0.1, 0.15) is 41.4 Å². The molecule has 0 spiro atoms. The first-order valence-corrected chi connectivity index (χ1v) is 9.64. The first-order chi connectivity index (χ1) is 14.0. The van der Waals surface area contributed by atoms with E-state index >= 15 is 0 Å². The zero-order valence-corrected chi connectivity index (χ0v) is 16.6. The third-order valence-corrected chi connectivity index (χ3v) is 4.56. The molecule has 0 saturated heterocycles. The van der Waals surface area contributed by atoms with Gasteiger partial charge in [-0.05, 0) is 31.4 Å². The molecule has 0 aliphatic rings. The predicted octanol–water partition coefficient (Wildman–Crippen LogP) is 2.51. The highest BCUT2D eigenvalue weighted by Gasteiger charge is 2.17. The van der Waals surface area contributed by atoms with E-state index in [0.717, 1.165) is 11.1 Å². The number of aromatic nitrogens is 2. The molecule has 7 heteroatoms. The number of amides is 2. The van der Waals surface area contributed by atoms with Crippen LogP contribution in [0.2, 0.25) is 0 Å². The number of aryl methyl sites for hydroxylation is 3. The van der Waals surface area contributed by atoms with Crippen molar-refractivity contribution in [1.29, 1.82) is 0 Å². The number of hydrogen-bond donors (Lipinski definition) is 2. The summed E-state index contributed by atoms with van der Waals surface area (Å²) in [6.07, 6.45) is 1.53. The molecule has 0 radical (unpaired) electrons. The number of carbonyl (C=O) groups is 2. The summed E-state index contributed by atoms with van der Waals surface area (Å²) < 4.78 is 1.29. The summed E-state index contributed by atoms with van der Waals surface area (Å²) >= 11 is 0. The highest BCUT2D eigenvalue weighted by Crippen LogP contribution is 2.13. The van der Waals surface area contributed by atoms with E-state index in [1.807, 2.05) is 38.1 Å². The molecule has 0 unspecified atom stereocenters. The summed E-state index contributed by atoms with van der Waals surface area (Å²) in [5.41, 5.74) is 6.91. The Balaban J connectivity index is 1.70. The van der Waals surface area contributed by atoms with Crippen LogP contribution in [0.15, 0.2) is 53.3 Å². The third-order valence-electron chi connectivity index (χ3n) is 4.56. The van der Waals surface area contributed by atoms with Gasteiger partial charge in [0.15, 0.2) is 5.69 Å². The van der Waals surface area contributed by atoms with E-state index in [1.165, 1.54) is 4.68 Å². The fraction of sp³-hybridized carbons (Fsp3) is 0.273. The fourth-order valence-electron chi connectivity index (χ4n) is 3.14. The van der Waals surface area contributed by atoms with E-state index < -0.39 is 5.91 Å². The van der Waals surface area contributed by atoms with Gasteiger partial charge in [0.2, 0.25) is 5.91 Å². The van der Waals surface area contributed by atoms with Gasteiger partial charge in [-0.15, -0.1) is 0 Å². The lowest BCUT2D eigenvalue weighted by molar-refractivity contribution is -0.121. The van der Waals surface area contributed by atoms with Crippen molar-refractivity contribution in [2.24, 2.45) is 0 Å². The molecule has 7 nitrogen and oxygen atoms in total. The normalized spacial score (nSPS) is 10.7. The van der Waals surface area contributed by atoms with Gasteiger partial charge in [-0.25, -0.2) is 4.68 Å². The van der Waals surface area contributed by atoms with E-state index in [0.29, 0.717) is 30.2 Å². The van der Waals surface area contributed by atoms with E-state index in [1.54, 1.807) is 24.3 Å². The smallest absolute Gasteiger partial charge is 0.273 e. The number of hydrazine groups is 1. The van der Waals surface area contributed by atoms with Crippen LogP contribution in [-0.2, 0) is 17.8 Å².